The van der Waals surface area contributed by atoms with Crippen LogP contribution < -0.4 is 5.32 Å². The van der Waals surface area contributed by atoms with Gasteiger partial charge in [0.05, 0.1) is 16.3 Å². The molecule has 0 spiro atoms. The van der Waals surface area contributed by atoms with Crippen molar-refractivity contribution in [2.24, 2.45) is 0 Å². The summed E-state index contributed by atoms with van der Waals surface area (Å²) in [5.74, 6) is 0.367. The lowest BCUT2D eigenvalue weighted by molar-refractivity contribution is -0.115. The SMILES string of the molecule is Cc1ccc(-n2cnnc2SCCC(=O)Nc2ccc(C#N)c(Cl)c2)cc1Cl. The molecule has 1 N–H and O–H groups in total. The number of hydrogen-bond acceptors (Lipinski definition) is 5. The van der Waals surface area contributed by atoms with E-state index in [0.717, 1.165) is 11.3 Å². The molecule has 0 bridgehead atoms. The summed E-state index contributed by atoms with van der Waals surface area (Å²) in [5, 5.41) is 21.4. The highest BCUT2D eigenvalue weighted by atomic mass is 35.5. The molecular weight excluding hydrogens is 417 g/mol. The van der Waals surface area contributed by atoms with E-state index in [4.69, 9.17) is 28.5 Å². The standard InChI is InChI=1S/C19H15Cl2N5OS/c1-12-2-5-15(9-16(12)20)26-11-23-25-19(26)28-7-6-18(27)24-14-4-3-13(10-22)17(21)8-14/h2-5,8-9,11H,6-7H2,1H3,(H,24,27). The van der Waals surface area contributed by atoms with Gasteiger partial charge in [-0.05, 0) is 42.8 Å². The van der Waals surface area contributed by atoms with Crippen LogP contribution in [0, 0.1) is 18.3 Å². The predicted molar refractivity (Wildman–Crippen MR) is 111 cm³/mol. The molecule has 28 heavy (non-hydrogen) atoms. The fraction of sp³-hybridized carbons (Fsp3) is 0.158. The number of benzene rings is 2. The molecule has 2 aromatic carbocycles. The van der Waals surface area contributed by atoms with Crippen LogP contribution in [0.5, 0.6) is 0 Å². The first kappa shape index (κ1) is 20.2. The highest BCUT2D eigenvalue weighted by Crippen LogP contribution is 2.24. The summed E-state index contributed by atoms with van der Waals surface area (Å²) in [6.45, 7) is 1.94. The molecule has 9 heteroatoms. The molecule has 0 atom stereocenters. The van der Waals surface area contributed by atoms with Gasteiger partial charge in [-0.2, -0.15) is 5.26 Å². The van der Waals surface area contributed by atoms with E-state index in [1.165, 1.54) is 11.8 Å². The fourth-order valence-electron chi connectivity index (χ4n) is 2.37. The number of rotatable bonds is 6. The van der Waals surface area contributed by atoms with Gasteiger partial charge in [0.15, 0.2) is 5.16 Å². The lowest BCUT2D eigenvalue weighted by atomic mass is 10.2. The summed E-state index contributed by atoms with van der Waals surface area (Å²) in [4.78, 5) is 12.2. The number of aryl methyl sites for hydroxylation is 1. The van der Waals surface area contributed by atoms with Crippen LogP contribution in [-0.2, 0) is 4.79 Å². The van der Waals surface area contributed by atoms with Crippen molar-refractivity contribution in [1.29, 1.82) is 5.26 Å². The highest BCUT2D eigenvalue weighted by Gasteiger charge is 2.10. The van der Waals surface area contributed by atoms with Gasteiger partial charge >= 0.3 is 0 Å². The molecule has 0 radical (unpaired) electrons. The van der Waals surface area contributed by atoms with Crippen molar-refractivity contribution in [3.8, 4) is 11.8 Å². The summed E-state index contributed by atoms with van der Waals surface area (Å²) in [7, 11) is 0. The second kappa shape index (κ2) is 9.11. The van der Waals surface area contributed by atoms with E-state index in [-0.39, 0.29) is 12.3 Å². The molecule has 0 saturated carbocycles. The predicted octanol–water partition coefficient (Wildman–Crippen LogP) is 4.88. The molecule has 1 aromatic heterocycles. The van der Waals surface area contributed by atoms with Crippen molar-refractivity contribution in [2.45, 2.75) is 18.5 Å². The monoisotopic (exact) mass is 431 g/mol. The lowest BCUT2D eigenvalue weighted by Gasteiger charge is -2.08. The first-order valence-electron chi connectivity index (χ1n) is 8.27. The van der Waals surface area contributed by atoms with E-state index in [1.807, 2.05) is 35.8 Å². The molecule has 0 fully saturated rings. The van der Waals surface area contributed by atoms with Crippen molar-refractivity contribution in [3.63, 3.8) is 0 Å². The number of nitrogens with zero attached hydrogens (tertiary/aromatic N) is 4. The number of hydrogen-bond donors (Lipinski definition) is 1. The van der Waals surface area contributed by atoms with Crippen LogP contribution >= 0.6 is 35.0 Å². The maximum Gasteiger partial charge on any atom is 0.225 e. The Morgan fingerprint density at radius 3 is 2.79 bits per heavy atom. The van der Waals surface area contributed by atoms with Gasteiger partial charge in [0.25, 0.3) is 0 Å². The van der Waals surface area contributed by atoms with Crippen LogP contribution in [0.15, 0.2) is 47.9 Å². The number of nitriles is 1. The van der Waals surface area contributed by atoms with Crippen LogP contribution in [0.2, 0.25) is 10.0 Å². The molecule has 0 unspecified atom stereocenters. The van der Waals surface area contributed by atoms with Gasteiger partial charge in [-0.25, -0.2) is 0 Å². The minimum Gasteiger partial charge on any atom is -0.326 e. The molecule has 0 saturated heterocycles. The first-order chi connectivity index (χ1) is 13.5. The molecule has 1 heterocycles. The lowest BCUT2D eigenvalue weighted by Crippen LogP contribution is -2.12. The Balaban J connectivity index is 1.58. The Morgan fingerprint density at radius 1 is 1.25 bits per heavy atom. The Labute approximate surface area is 176 Å². The van der Waals surface area contributed by atoms with Crippen molar-refractivity contribution in [3.05, 3.63) is 63.9 Å². The molecule has 3 aromatic rings. The van der Waals surface area contributed by atoms with Gasteiger partial charge in [-0.1, -0.05) is 41.0 Å². The highest BCUT2D eigenvalue weighted by molar-refractivity contribution is 7.99. The normalized spacial score (nSPS) is 10.5. The van der Waals surface area contributed by atoms with Gasteiger partial charge in [-0.3, -0.25) is 9.36 Å². The van der Waals surface area contributed by atoms with E-state index in [9.17, 15) is 4.79 Å². The molecule has 0 aliphatic carbocycles. The summed E-state index contributed by atoms with van der Waals surface area (Å²) in [6, 6.07) is 12.5. The molecular formula is C19H15Cl2N5OS. The quantitative estimate of drug-likeness (QED) is 0.562. The second-order valence-corrected chi connectivity index (χ2v) is 7.75. The number of aromatic nitrogens is 3. The molecule has 0 aliphatic rings. The third-order valence-electron chi connectivity index (χ3n) is 3.88. The van der Waals surface area contributed by atoms with Crippen LogP contribution in [0.4, 0.5) is 5.69 Å². The average Bonchev–Trinajstić information content (AvgIpc) is 3.12. The van der Waals surface area contributed by atoms with Gasteiger partial charge in [0.1, 0.15) is 12.4 Å². The maximum absolute atomic E-state index is 12.2. The van der Waals surface area contributed by atoms with Crippen LogP contribution in [0.25, 0.3) is 5.69 Å². The summed E-state index contributed by atoms with van der Waals surface area (Å²) in [5.41, 5.74) is 2.77. The minimum absolute atomic E-state index is 0.155. The zero-order chi connectivity index (χ0) is 20.1. The minimum atomic E-state index is -0.155. The molecule has 0 aliphatic heterocycles. The molecule has 1 amide bonds. The summed E-state index contributed by atoms with van der Waals surface area (Å²) >= 11 is 13.6. The number of nitrogens with one attached hydrogen (secondary N) is 1. The maximum atomic E-state index is 12.2. The third kappa shape index (κ3) is 4.84. The molecule has 6 nitrogen and oxygen atoms in total. The Hall–Kier alpha value is -2.53. The van der Waals surface area contributed by atoms with E-state index in [0.29, 0.717) is 32.2 Å². The Morgan fingerprint density at radius 2 is 2.07 bits per heavy atom. The van der Waals surface area contributed by atoms with E-state index >= 15 is 0 Å². The van der Waals surface area contributed by atoms with Gasteiger partial charge in [0, 0.05) is 22.9 Å². The third-order valence-corrected chi connectivity index (χ3v) is 5.55. The van der Waals surface area contributed by atoms with E-state index in [2.05, 4.69) is 15.5 Å². The van der Waals surface area contributed by atoms with E-state index in [1.54, 1.807) is 24.5 Å². The smallest absolute Gasteiger partial charge is 0.225 e. The number of carbonyl (C=O) groups excluding carboxylic acids is 1. The molecule has 3 rings (SSSR count). The van der Waals surface area contributed by atoms with Gasteiger partial charge < -0.3 is 5.32 Å². The van der Waals surface area contributed by atoms with Crippen LogP contribution in [0.1, 0.15) is 17.5 Å². The zero-order valence-electron chi connectivity index (χ0n) is 14.8. The van der Waals surface area contributed by atoms with Crippen molar-refractivity contribution in [1.82, 2.24) is 14.8 Å². The largest absolute Gasteiger partial charge is 0.326 e. The van der Waals surface area contributed by atoms with Gasteiger partial charge in [0.2, 0.25) is 5.91 Å². The number of amides is 1. The first-order valence-corrected chi connectivity index (χ1v) is 10.0. The molecule has 142 valence electrons. The number of halogens is 2. The van der Waals surface area contributed by atoms with Crippen molar-refractivity contribution < 1.29 is 4.79 Å². The van der Waals surface area contributed by atoms with Crippen LogP contribution in [0.3, 0.4) is 0 Å². The fourth-order valence-corrected chi connectivity index (χ4v) is 3.64. The van der Waals surface area contributed by atoms with E-state index < -0.39 is 0 Å². The zero-order valence-corrected chi connectivity index (χ0v) is 17.1. The average molecular weight is 432 g/mol. The van der Waals surface area contributed by atoms with Gasteiger partial charge in [-0.15, -0.1) is 10.2 Å². The summed E-state index contributed by atoms with van der Waals surface area (Å²) < 4.78 is 1.83. The number of thioether (sulfide) groups is 1. The van der Waals surface area contributed by atoms with Crippen LogP contribution in [-0.4, -0.2) is 26.4 Å². The van der Waals surface area contributed by atoms with Crippen molar-refractivity contribution in [2.75, 3.05) is 11.1 Å². The van der Waals surface area contributed by atoms with Crippen molar-refractivity contribution >= 4 is 46.6 Å². The summed E-state index contributed by atoms with van der Waals surface area (Å²) in [6.07, 6.45) is 1.89. The topological polar surface area (TPSA) is 83.6 Å². The Kier molecular flexibility index (Phi) is 6.57. The second-order valence-electron chi connectivity index (χ2n) is 5.87. The number of anilines is 1. The Bertz CT molecular complexity index is 1060. The number of carbonyl (C=O) groups is 1.